The molecule has 0 amide bonds. The number of benzene rings is 3. The predicted molar refractivity (Wildman–Crippen MR) is 131 cm³/mol. The number of anilines is 3. The first-order valence-corrected chi connectivity index (χ1v) is 11.6. The van der Waals surface area contributed by atoms with E-state index in [0.29, 0.717) is 32.8 Å². The summed E-state index contributed by atoms with van der Waals surface area (Å²) in [5.74, 6) is 0.431. The number of hydrogen-bond acceptors (Lipinski definition) is 4. The molecule has 0 saturated carbocycles. The summed E-state index contributed by atoms with van der Waals surface area (Å²) in [6.45, 7) is 3.64. The monoisotopic (exact) mass is 475 g/mol. The molecule has 0 atom stereocenters. The Labute approximate surface area is 192 Å². The normalized spacial score (nSPS) is 11.0. The molecule has 31 heavy (non-hydrogen) atoms. The molecule has 3 rings (SSSR count). The van der Waals surface area contributed by atoms with Gasteiger partial charge in [-0.3, -0.25) is 4.72 Å². The fraction of sp³-hybridized carbons (Fsp3) is 0.136. The van der Waals surface area contributed by atoms with Gasteiger partial charge in [0.2, 0.25) is 0 Å². The minimum Gasteiger partial charge on any atom is -0.495 e. The van der Waals surface area contributed by atoms with Gasteiger partial charge in [-0.1, -0.05) is 35.9 Å². The van der Waals surface area contributed by atoms with Crippen LogP contribution in [0, 0.1) is 13.8 Å². The van der Waals surface area contributed by atoms with Crippen molar-refractivity contribution >= 4 is 56.0 Å². The van der Waals surface area contributed by atoms with Crippen molar-refractivity contribution in [2.45, 2.75) is 18.7 Å². The summed E-state index contributed by atoms with van der Waals surface area (Å²) in [4.78, 5) is 0.129. The average molecular weight is 476 g/mol. The lowest BCUT2D eigenvalue weighted by Gasteiger charge is -2.15. The summed E-state index contributed by atoms with van der Waals surface area (Å²) in [6, 6.07) is 17.3. The quantitative estimate of drug-likeness (QED) is 0.404. The van der Waals surface area contributed by atoms with Crippen LogP contribution in [0.5, 0.6) is 5.75 Å². The number of thiocarbonyl (C=S) groups is 1. The zero-order valence-corrected chi connectivity index (χ0v) is 19.6. The van der Waals surface area contributed by atoms with Crippen molar-refractivity contribution in [2.24, 2.45) is 0 Å². The van der Waals surface area contributed by atoms with E-state index in [0.717, 1.165) is 11.3 Å². The fourth-order valence-corrected chi connectivity index (χ4v) is 4.62. The lowest BCUT2D eigenvalue weighted by Crippen LogP contribution is -2.20. The molecule has 0 saturated heterocycles. The van der Waals surface area contributed by atoms with Crippen molar-refractivity contribution in [1.29, 1.82) is 0 Å². The molecular weight excluding hydrogens is 454 g/mol. The van der Waals surface area contributed by atoms with Crippen LogP contribution < -0.4 is 20.1 Å². The minimum atomic E-state index is -3.86. The van der Waals surface area contributed by atoms with Crippen LogP contribution in [0.25, 0.3) is 0 Å². The number of aryl methyl sites for hydroxylation is 2. The third-order valence-electron chi connectivity index (χ3n) is 4.52. The summed E-state index contributed by atoms with van der Waals surface area (Å²) in [6.07, 6.45) is 0. The molecule has 0 aliphatic heterocycles. The number of rotatable bonds is 6. The van der Waals surface area contributed by atoms with E-state index in [-0.39, 0.29) is 4.90 Å². The number of nitrogens with one attached hydrogen (secondary N) is 3. The molecule has 0 heterocycles. The highest BCUT2D eigenvalue weighted by atomic mass is 35.5. The van der Waals surface area contributed by atoms with Gasteiger partial charge in [-0.25, -0.2) is 8.42 Å². The van der Waals surface area contributed by atoms with Crippen LogP contribution in [-0.4, -0.2) is 20.6 Å². The van der Waals surface area contributed by atoms with Gasteiger partial charge in [0.15, 0.2) is 5.11 Å². The smallest absolute Gasteiger partial charge is 0.262 e. The molecule has 9 heteroatoms. The standard InChI is InChI=1S/C22H22ClN3O3S2/c1-14-8-10-16(12-18(14)23)24-22(30)25-17-11-9-15(2)21(13-17)31(27,28)26-19-6-4-5-7-20(19)29-3/h4-13,26H,1-3H3,(H2,24,25,30). The predicted octanol–water partition coefficient (Wildman–Crippen LogP) is 5.58. The van der Waals surface area contributed by atoms with Crippen LogP contribution >= 0.6 is 23.8 Å². The van der Waals surface area contributed by atoms with E-state index in [1.165, 1.54) is 13.2 Å². The third-order valence-corrected chi connectivity index (χ3v) is 6.64. The Hall–Kier alpha value is -2.81. The molecule has 0 aliphatic rings. The van der Waals surface area contributed by atoms with Gasteiger partial charge < -0.3 is 15.4 Å². The number of halogens is 1. The molecule has 0 radical (unpaired) electrons. The molecular formula is C22H22ClN3O3S2. The highest BCUT2D eigenvalue weighted by Gasteiger charge is 2.19. The van der Waals surface area contributed by atoms with Gasteiger partial charge in [-0.2, -0.15) is 0 Å². The van der Waals surface area contributed by atoms with Crippen LogP contribution in [0.4, 0.5) is 17.1 Å². The molecule has 0 bridgehead atoms. The summed E-state index contributed by atoms with van der Waals surface area (Å²) in [5, 5.41) is 6.99. The Morgan fingerprint density at radius 2 is 1.55 bits per heavy atom. The average Bonchev–Trinajstić information content (AvgIpc) is 2.72. The first kappa shape index (κ1) is 22.9. The van der Waals surface area contributed by atoms with Gasteiger partial charge >= 0.3 is 0 Å². The molecule has 3 aromatic carbocycles. The molecule has 3 aromatic rings. The lowest BCUT2D eigenvalue weighted by molar-refractivity contribution is 0.417. The third kappa shape index (κ3) is 5.66. The molecule has 3 N–H and O–H groups in total. The summed E-state index contributed by atoms with van der Waals surface area (Å²) < 4.78 is 33.9. The van der Waals surface area contributed by atoms with E-state index in [1.807, 2.05) is 19.1 Å². The maximum atomic E-state index is 13.0. The van der Waals surface area contributed by atoms with E-state index in [2.05, 4.69) is 15.4 Å². The van der Waals surface area contributed by atoms with Gasteiger partial charge in [0.05, 0.1) is 17.7 Å². The summed E-state index contributed by atoms with van der Waals surface area (Å²) in [7, 11) is -2.37. The van der Waals surface area contributed by atoms with Crippen molar-refractivity contribution in [3.63, 3.8) is 0 Å². The summed E-state index contributed by atoms with van der Waals surface area (Å²) in [5.41, 5.74) is 3.17. The number of sulfonamides is 1. The maximum Gasteiger partial charge on any atom is 0.262 e. The Morgan fingerprint density at radius 1 is 0.935 bits per heavy atom. The lowest BCUT2D eigenvalue weighted by atomic mass is 10.2. The van der Waals surface area contributed by atoms with Gasteiger partial charge in [0.25, 0.3) is 10.0 Å². The van der Waals surface area contributed by atoms with Crippen LogP contribution in [0.15, 0.2) is 65.6 Å². The zero-order chi connectivity index (χ0) is 22.6. The van der Waals surface area contributed by atoms with Crippen molar-refractivity contribution in [3.8, 4) is 5.75 Å². The van der Waals surface area contributed by atoms with Crippen LogP contribution in [-0.2, 0) is 10.0 Å². The second kappa shape index (κ2) is 9.55. The van der Waals surface area contributed by atoms with Gasteiger partial charge in [0, 0.05) is 16.4 Å². The Morgan fingerprint density at radius 3 is 2.19 bits per heavy atom. The van der Waals surface area contributed by atoms with E-state index in [4.69, 9.17) is 28.6 Å². The van der Waals surface area contributed by atoms with Crippen molar-refractivity contribution in [1.82, 2.24) is 0 Å². The molecule has 0 aromatic heterocycles. The van der Waals surface area contributed by atoms with Crippen LogP contribution in [0.2, 0.25) is 5.02 Å². The zero-order valence-electron chi connectivity index (χ0n) is 17.2. The summed E-state index contributed by atoms with van der Waals surface area (Å²) >= 11 is 11.5. The SMILES string of the molecule is COc1ccccc1NS(=O)(=O)c1cc(NC(=S)Nc2ccc(C)c(Cl)c2)ccc1C. The fourth-order valence-electron chi connectivity index (χ4n) is 2.86. The van der Waals surface area contributed by atoms with E-state index < -0.39 is 10.0 Å². The van der Waals surface area contributed by atoms with Gasteiger partial charge in [-0.15, -0.1) is 0 Å². The first-order chi connectivity index (χ1) is 14.7. The Kier molecular flexibility index (Phi) is 7.04. The van der Waals surface area contributed by atoms with E-state index in [1.54, 1.807) is 49.4 Å². The number of methoxy groups -OCH3 is 1. The highest BCUT2D eigenvalue weighted by Crippen LogP contribution is 2.28. The number of hydrogen-bond donors (Lipinski definition) is 3. The topological polar surface area (TPSA) is 79.5 Å². The number of para-hydroxylation sites is 2. The Balaban J connectivity index is 1.80. The maximum absolute atomic E-state index is 13.0. The first-order valence-electron chi connectivity index (χ1n) is 9.30. The second-order valence-electron chi connectivity index (χ2n) is 6.83. The molecule has 0 fully saturated rings. The van der Waals surface area contributed by atoms with Crippen LogP contribution in [0.1, 0.15) is 11.1 Å². The van der Waals surface area contributed by atoms with Gasteiger partial charge in [0.1, 0.15) is 5.75 Å². The van der Waals surface area contributed by atoms with Gasteiger partial charge in [-0.05, 0) is 73.6 Å². The highest BCUT2D eigenvalue weighted by molar-refractivity contribution is 7.92. The van der Waals surface area contributed by atoms with Crippen molar-refractivity contribution in [2.75, 3.05) is 22.5 Å². The molecule has 6 nitrogen and oxygen atoms in total. The second-order valence-corrected chi connectivity index (χ2v) is 9.30. The van der Waals surface area contributed by atoms with Crippen LogP contribution in [0.3, 0.4) is 0 Å². The minimum absolute atomic E-state index is 0.129. The van der Waals surface area contributed by atoms with Crippen molar-refractivity contribution in [3.05, 3.63) is 76.8 Å². The number of ether oxygens (including phenoxy) is 1. The molecule has 0 spiro atoms. The Bertz CT molecular complexity index is 1230. The van der Waals surface area contributed by atoms with E-state index >= 15 is 0 Å². The molecule has 0 aliphatic carbocycles. The molecule has 0 unspecified atom stereocenters. The largest absolute Gasteiger partial charge is 0.495 e. The molecule has 162 valence electrons. The van der Waals surface area contributed by atoms with Crippen molar-refractivity contribution < 1.29 is 13.2 Å². The van der Waals surface area contributed by atoms with E-state index in [9.17, 15) is 8.42 Å².